The Morgan fingerprint density at radius 1 is 0.820 bits per heavy atom. The third-order valence-corrected chi connectivity index (χ3v) is 9.91. The molecule has 3 heteroatoms. The molecule has 50 heavy (non-hydrogen) atoms. The fourth-order valence-electron chi connectivity index (χ4n) is 7.69. The van der Waals surface area contributed by atoms with E-state index in [0.29, 0.717) is 5.57 Å². The van der Waals surface area contributed by atoms with Crippen LogP contribution in [0.2, 0.25) is 0 Å². The summed E-state index contributed by atoms with van der Waals surface area (Å²) >= 11 is 0. The Morgan fingerprint density at radius 2 is 1.48 bits per heavy atom. The van der Waals surface area contributed by atoms with Gasteiger partial charge < -0.3 is 11.1 Å². The van der Waals surface area contributed by atoms with Crippen LogP contribution >= 0.6 is 0 Å². The van der Waals surface area contributed by atoms with Gasteiger partial charge in [0.25, 0.3) is 0 Å². The molecule has 3 nitrogen and oxygen atoms in total. The number of dihydropyridines is 1. The van der Waals surface area contributed by atoms with Crippen LogP contribution in [0.25, 0.3) is 40.1 Å². The molecule has 1 unspecified atom stereocenters. The first kappa shape index (κ1) is 32.2. The molecule has 0 bridgehead atoms. The fraction of sp³-hybridized carbons (Fsp3) is 0.0851. The van der Waals surface area contributed by atoms with Gasteiger partial charge >= 0.3 is 0 Å². The van der Waals surface area contributed by atoms with Gasteiger partial charge in [-0.05, 0) is 105 Å². The molecule has 0 radical (unpaired) electrons. The van der Waals surface area contributed by atoms with E-state index in [4.69, 9.17) is 5.73 Å². The van der Waals surface area contributed by atoms with Gasteiger partial charge in [0, 0.05) is 11.9 Å². The van der Waals surface area contributed by atoms with Crippen LogP contribution in [-0.2, 0) is 5.41 Å². The van der Waals surface area contributed by atoms with Gasteiger partial charge in [-0.2, -0.15) is 5.26 Å². The van der Waals surface area contributed by atoms with Gasteiger partial charge in [0.05, 0.1) is 17.0 Å². The Labute approximate surface area is 295 Å². The second-order valence-corrected chi connectivity index (χ2v) is 12.7. The zero-order valence-corrected chi connectivity index (χ0v) is 28.4. The summed E-state index contributed by atoms with van der Waals surface area (Å²) in [5.41, 5.74) is 20.5. The zero-order chi connectivity index (χ0) is 34.7. The van der Waals surface area contributed by atoms with Gasteiger partial charge in [-0.25, -0.2) is 0 Å². The highest BCUT2D eigenvalue weighted by molar-refractivity contribution is 5.98. The molecule has 1 aliphatic heterocycles. The zero-order valence-electron chi connectivity index (χ0n) is 28.4. The van der Waals surface area contributed by atoms with E-state index >= 15 is 0 Å². The standard InChI is InChI=1S/C47H39N3/c1-4-16-39-38(5-2)46-40-26-25-35(45-24-15-23-44(50-45)32(3)27-33(30-48)31-49)28-42(40)47(36-19-11-7-12-20-36,37-21-13-8-14-22-37)43(46)29-41(39)34-17-9-6-10-18-34/h4-30,44,50H,2,48H2,1,3H3/b16-4-,32-27+,33-30+. The lowest BCUT2D eigenvalue weighted by atomic mass is 9.67. The van der Waals surface area contributed by atoms with Crippen LogP contribution in [0.3, 0.4) is 0 Å². The quantitative estimate of drug-likeness (QED) is 0.128. The molecule has 7 rings (SSSR count). The molecule has 0 aromatic heterocycles. The highest BCUT2D eigenvalue weighted by Gasteiger charge is 2.47. The van der Waals surface area contributed by atoms with E-state index in [2.05, 4.69) is 171 Å². The van der Waals surface area contributed by atoms with Crippen molar-refractivity contribution in [1.29, 1.82) is 5.26 Å². The summed E-state index contributed by atoms with van der Waals surface area (Å²) in [7, 11) is 0. The fourth-order valence-corrected chi connectivity index (χ4v) is 7.69. The molecule has 0 fully saturated rings. The summed E-state index contributed by atoms with van der Waals surface area (Å²) in [5, 5.41) is 13.2. The summed E-state index contributed by atoms with van der Waals surface area (Å²) < 4.78 is 0. The molecular weight excluding hydrogens is 607 g/mol. The van der Waals surface area contributed by atoms with E-state index < -0.39 is 5.41 Å². The molecule has 1 heterocycles. The minimum Gasteiger partial charge on any atom is -0.404 e. The summed E-state index contributed by atoms with van der Waals surface area (Å²) in [5.74, 6) is 0. The van der Waals surface area contributed by atoms with E-state index in [-0.39, 0.29) is 6.04 Å². The van der Waals surface area contributed by atoms with Crippen molar-refractivity contribution in [2.45, 2.75) is 25.3 Å². The largest absolute Gasteiger partial charge is 0.404 e. The van der Waals surface area contributed by atoms with E-state index in [9.17, 15) is 5.26 Å². The molecule has 2 aliphatic rings. The van der Waals surface area contributed by atoms with E-state index in [1.54, 1.807) is 0 Å². The number of nitrogens with one attached hydrogen (secondary N) is 1. The van der Waals surface area contributed by atoms with Crippen molar-refractivity contribution in [3.63, 3.8) is 0 Å². The lowest BCUT2D eigenvalue weighted by molar-refractivity contribution is 0.766. The maximum Gasteiger partial charge on any atom is 0.101 e. The summed E-state index contributed by atoms with van der Waals surface area (Å²) in [6, 6.07) is 43.8. The number of allylic oxidation sites excluding steroid dienone is 5. The Bertz CT molecular complexity index is 2240. The molecule has 3 N–H and O–H groups in total. The molecule has 1 atom stereocenters. The minimum absolute atomic E-state index is 0.0825. The van der Waals surface area contributed by atoms with Gasteiger partial charge in [-0.1, -0.05) is 140 Å². The first-order valence-electron chi connectivity index (χ1n) is 17.0. The van der Waals surface area contributed by atoms with Crippen LogP contribution in [0.4, 0.5) is 0 Å². The van der Waals surface area contributed by atoms with Gasteiger partial charge in [0.15, 0.2) is 0 Å². The number of hydrogen-bond acceptors (Lipinski definition) is 3. The minimum atomic E-state index is -0.604. The molecular formula is C47H39N3. The maximum atomic E-state index is 9.47. The van der Waals surface area contributed by atoms with Crippen molar-refractivity contribution in [2.24, 2.45) is 5.73 Å². The Balaban J connectivity index is 1.53. The van der Waals surface area contributed by atoms with Crippen molar-refractivity contribution in [1.82, 2.24) is 5.32 Å². The second-order valence-electron chi connectivity index (χ2n) is 12.7. The van der Waals surface area contributed by atoms with Crippen LogP contribution in [-0.4, -0.2) is 6.04 Å². The molecule has 1 aliphatic carbocycles. The normalized spacial score (nSPS) is 16.3. The number of rotatable bonds is 8. The van der Waals surface area contributed by atoms with Crippen molar-refractivity contribution in [2.75, 3.05) is 0 Å². The van der Waals surface area contributed by atoms with Crippen molar-refractivity contribution >= 4 is 17.8 Å². The molecule has 5 aromatic rings. The summed E-state index contributed by atoms with van der Waals surface area (Å²) in [6.45, 7) is 8.49. The SMILES string of the molecule is C=Cc1c(/C=C\C)c(-c2ccccc2)cc2c1-c1ccc(C3=CC=CC(/C(C)=C/C(C#N)=C\N)N3)cc1C2(c1ccccc1)c1ccccc1. The Morgan fingerprint density at radius 3 is 2.08 bits per heavy atom. The van der Waals surface area contributed by atoms with Crippen molar-refractivity contribution in [3.8, 4) is 28.3 Å². The molecule has 0 saturated heterocycles. The summed E-state index contributed by atoms with van der Waals surface area (Å²) in [6.07, 6.45) is 15.9. The van der Waals surface area contributed by atoms with Crippen molar-refractivity contribution < 1.29 is 0 Å². The average Bonchev–Trinajstić information content (AvgIpc) is 3.47. The van der Waals surface area contributed by atoms with Crippen LogP contribution in [0.5, 0.6) is 0 Å². The highest BCUT2D eigenvalue weighted by Crippen LogP contribution is 2.59. The number of nitriles is 1. The van der Waals surface area contributed by atoms with Crippen molar-refractivity contribution in [3.05, 3.63) is 209 Å². The number of nitrogens with two attached hydrogens (primary N) is 1. The van der Waals surface area contributed by atoms with E-state index in [1.807, 2.05) is 19.1 Å². The first-order valence-corrected chi connectivity index (χ1v) is 17.0. The number of hydrogen-bond donors (Lipinski definition) is 2. The lowest BCUT2D eigenvalue weighted by Crippen LogP contribution is -2.30. The Kier molecular flexibility index (Phi) is 8.77. The van der Waals surface area contributed by atoms with Gasteiger partial charge in [-0.3, -0.25) is 0 Å². The molecule has 5 aromatic carbocycles. The molecule has 242 valence electrons. The van der Waals surface area contributed by atoms with Crippen LogP contribution in [0.15, 0.2) is 170 Å². The topological polar surface area (TPSA) is 61.8 Å². The average molecular weight is 646 g/mol. The number of fused-ring (bicyclic) bond motifs is 3. The predicted octanol–water partition coefficient (Wildman–Crippen LogP) is 10.6. The summed E-state index contributed by atoms with van der Waals surface area (Å²) in [4.78, 5) is 0. The van der Waals surface area contributed by atoms with E-state index in [1.165, 1.54) is 50.7 Å². The highest BCUT2D eigenvalue weighted by atomic mass is 14.9. The van der Waals surface area contributed by atoms with Gasteiger partial charge in [0.1, 0.15) is 6.07 Å². The first-order chi connectivity index (χ1) is 24.5. The van der Waals surface area contributed by atoms with Crippen LogP contribution < -0.4 is 11.1 Å². The van der Waals surface area contributed by atoms with Gasteiger partial charge in [0.2, 0.25) is 0 Å². The number of benzene rings is 5. The monoisotopic (exact) mass is 645 g/mol. The predicted molar refractivity (Wildman–Crippen MR) is 210 cm³/mol. The molecule has 0 spiro atoms. The molecule has 0 amide bonds. The van der Waals surface area contributed by atoms with Crippen LogP contribution in [0.1, 0.15) is 52.8 Å². The third-order valence-electron chi connectivity index (χ3n) is 9.91. The maximum absolute atomic E-state index is 9.47. The van der Waals surface area contributed by atoms with Crippen LogP contribution in [0, 0.1) is 11.3 Å². The van der Waals surface area contributed by atoms with E-state index in [0.717, 1.165) is 28.0 Å². The molecule has 0 saturated carbocycles. The Hall–Kier alpha value is -6.37. The smallest absolute Gasteiger partial charge is 0.101 e. The third kappa shape index (κ3) is 5.32. The lowest BCUT2D eigenvalue weighted by Gasteiger charge is -2.35. The second kappa shape index (κ2) is 13.6. The number of nitrogens with zero attached hydrogens (tertiary/aromatic N) is 1. The van der Waals surface area contributed by atoms with Gasteiger partial charge in [-0.15, -0.1) is 0 Å².